The van der Waals surface area contributed by atoms with Crippen molar-refractivity contribution in [2.45, 2.75) is 86.0 Å². The van der Waals surface area contributed by atoms with Gasteiger partial charge in [0.05, 0.1) is 27.6 Å². The van der Waals surface area contributed by atoms with Crippen molar-refractivity contribution in [1.82, 2.24) is 4.98 Å². The van der Waals surface area contributed by atoms with Crippen LogP contribution in [0.3, 0.4) is 0 Å². The second-order valence-corrected chi connectivity index (χ2v) is 11.0. The molecule has 0 amide bonds. The first-order chi connectivity index (χ1) is 14.1. The number of ether oxygens (including phenoxy) is 2. The number of carbonyl (C=O) groups excluding carboxylic acids is 1. The molecular formula is C23H35BrN2O5. The van der Waals surface area contributed by atoms with E-state index in [1.165, 1.54) is 0 Å². The summed E-state index contributed by atoms with van der Waals surface area (Å²) in [6.07, 6.45) is 0.309. The summed E-state index contributed by atoms with van der Waals surface area (Å²) in [6.45, 7) is 16.7. The van der Waals surface area contributed by atoms with Crippen molar-refractivity contribution in [3.63, 3.8) is 0 Å². The highest BCUT2D eigenvalue weighted by Gasteiger charge is 2.39. The Kier molecular flexibility index (Phi) is 7.80. The first-order valence-corrected chi connectivity index (χ1v) is 11.5. The lowest BCUT2D eigenvalue weighted by Crippen LogP contribution is -2.40. The quantitative estimate of drug-likeness (QED) is 0.533. The zero-order chi connectivity index (χ0) is 23.7. The summed E-state index contributed by atoms with van der Waals surface area (Å²) in [5.41, 5.74) is 0.747. The van der Waals surface area contributed by atoms with Crippen LogP contribution < -0.4 is 4.90 Å². The smallest absolute Gasteiger partial charge is 0.354 e. The summed E-state index contributed by atoms with van der Waals surface area (Å²) in [6, 6.07) is 0. The summed E-state index contributed by atoms with van der Waals surface area (Å²) in [7, 11) is 0. The third-order valence-corrected chi connectivity index (χ3v) is 6.20. The maximum Gasteiger partial charge on any atom is 0.354 e. The third-order valence-electron chi connectivity index (χ3n) is 5.25. The molecule has 174 valence electrons. The van der Waals surface area contributed by atoms with Crippen LogP contribution in [0.4, 0.5) is 5.69 Å². The maximum atomic E-state index is 13.1. The fraction of sp³-hybridized carbons (Fsp3) is 0.696. The second-order valence-electron chi connectivity index (χ2n) is 10.2. The van der Waals surface area contributed by atoms with Crippen LogP contribution in [0.1, 0.15) is 89.2 Å². The lowest BCUT2D eigenvalue weighted by atomic mass is 9.82. The average molecular weight is 499 g/mol. The Morgan fingerprint density at radius 1 is 1.19 bits per heavy atom. The van der Waals surface area contributed by atoms with Gasteiger partial charge < -0.3 is 19.5 Å². The number of nitrogens with zero attached hydrogens (tertiary/aromatic N) is 2. The molecule has 0 spiro atoms. The molecule has 7 nitrogen and oxygen atoms in total. The van der Waals surface area contributed by atoms with Gasteiger partial charge in [0.15, 0.2) is 11.8 Å². The Balaban J connectivity index is 2.74. The topological polar surface area (TPSA) is 89.0 Å². The minimum atomic E-state index is -1.22. The lowest BCUT2D eigenvalue weighted by molar-refractivity contribution is -0.171. The highest BCUT2D eigenvalue weighted by atomic mass is 79.9. The van der Waals surface area contributed by atoms with Gasteiger partial charge in [-0.15, -0.1) is 0 Å². The van der Waals surface area contributed by atoms with Crippen LogP contribution in [0.15, 0.2) is 4.47 Å². The molecule has 0 unspecified atom stereocenters. The van der Waals surface area contributed by atoms with Crippen LogP contribution in [-0.2, 0) is 14.3 Å². The molecule has 0 aliphatic carbocycles. The van der Waals surface area contributed by atoms with Crippen molar-refractivity contribution < 1.29 is 24.2 Å². The summed E-state index contributed by atoms with van der Waals surface area (Å²) >= 11 is 3.62. The Bertz CT molecular complexity index is 835. The number of aryl methyl sites for hydroxylation is 1. The first-order valence-electron chi connectivity index (χ1n) is 10.7. The van der Waals surface area contributed by atoms with Gasteiger partial charge in [-0.3, -0.25) is 0 Å². The Hall–Kier alpha value is -1.67. The molecule has 1 aliphatic heterocycles. The highest BCUT2D eigenvalue weighted by molar-refractivity contribution is 9.10. The van der Waals surface area contributed by atoms with Crippen LogP contribution in [-0.4, -0.2) is 46.8 Å². The number of halogens is 1. The van der Waals surface area contributed by atoms with E-state index in [1.807, 2.05) is 20.8 Å². The molecule has 1 aromatic heterocycles. The Morgan fingerprint density at radius 2 is 1.74 bits per heavy atom. The maximum absolute atomic E-state index is 13.1. The molecule has 31 heavy (non-hydrogen) atoms. The molecule has 1 fully saturated rings. The molecule has 1 atom stereocenters. The summed E-state index contributed by atoms with van der Waals surface area (Å²) in [5.74, 6) is -1.83. The number of carboxylic acids is 1. The number of aromatic carboxylic acids is 1. The number of anilines is 1. The SMILES string of the molecule is Cc1nc(C(=O)O)c([C@H](OC(C)(C)C)C(=O)OC(C)C)c(N2CCC(C)(C)CC2)c1Br. The number of carbonyl (C=O) groups is 2. The van der Waals surface area contributed by atoms with E-state index in [0.717, 1.165) is 25.9 Å². The molecule has 1 aromatic rings. The number of rotatable bonds is 6. The van der Waals surface area contributed by atoms with Gasteiger partial charge >= 0.3 is 11.9 Å². The van der Waals surface area contributed by atoms with Crippen molar-refractivity contribution in [3.8, 4) is 0 Å². The number of carboxylic acid groups (broad SMARTS) is 1. The number of aromatic nitrogens is 1. The molecular weight excluding hydrogens is 464 g/mol. The van der Waals surface area contributed by atoms with Crippen molar-refractivity contribution in [1.29, 1.82) is 0 Å². The predicted molar refractivity (Wildman–Crippen MR) is 124 cm³/mol. The van der Waals surface area contributed by atoms with E-state index in [-0.39, 0.29) is 22.8 Å². The first kappa shape index (κ1) is 25.6. The van der Waals surface area contributed by atoms with Gasteiger partial charge in [0.2, 0.25) is 0 Å². The monoisotopic (exact) mass is 498 g/mol. The summed E-state index contributed by atoms with van der Waals surface area (Å²) in [5, 5.41) is 9.99. The van der Waals surface area contributed by atoms with Crippen LogP contribution in [0.5, 0.6) is 0 Å². The highest BCUT2D eigenvalue weighted by Crippen LogP contribution is 2.43. The predicted octanol–water partition coefficient (Wildman–Crippen LogP) is 5.28. The molecule has 0 bridgehead atoms. The van der Waals surface area contributed by atoms with Gasteiger partial charge in [0.25, 0.3) is 0 Å². The van der Waals surface area contributed by atoms with Gasteiger partial charge in [-0.1, -0.05) is 13.8 Å². The van der Waals surface area contributed by atoms with Crippen molar-refractivity contribution in [3.05, 3.63) is 21.4 Å². The fourth-order valence-corrected chi connectivity index (χ4v) is 4.16. The molecule has 1 saturated heterocycles. The Labute approximate surface area is 193 Å². The molecule has 0 radical (unpaired) electrons. The van der Waals surface area contributed by atoms with Crippen molar-refractivity contribution in [2.75, 3.05) is 18.0 Å². The number of esters is 1. The normalized spacial score (nSPS) is 17.5. The van der Waals surface area contributed by atoms with E-state index >= 15 is 0 Å². The van der Waals surface area contributed by atoms with E-state index in [2.05, 4.69) is 39.7 Å². The Morgan fingerprint density at radius 3 is 2.19 bits per heavy atom. The van der Waals surface area contributed by atoms with Crippen LogP contribution in [0.25, 0.3) is 0 Å². The molecule has 8 heteroatoms. The van der Waals surface area contributed by atoms with Crippen LogP contribution in [0, 0.1) is 12.3 Å². The van der Waals surface area contributed by atoms with Crippen LogP contribution >= 0.6 is 15.9 Å². The van der Waals surface area contributed by atoms with Gasteiger partial charge in [-0.25, -0.2) is 14.6 Å². The van der Waals surface area contributed by atoms with Crippen LogP contribution in [0.2, 0.25) is 0 Å². The van der Waals surface area contributed by atoms with E-state index in [1.54, 1.807) is 20.8 Å². The minimum Gasteiger partial charge on any atom is -0.476 e. The summed E-state index contributed by atoms with van der Waals surface area (Å²) in [4.78, 5) is 31.8. The largest absolute Gasteiger partial charge is 0.476 e. The van der Waals surface area contributed by atoms with Gasteiger partial charge in [0.1, 0.15) is 0 Å². The van der Waals surface area contributed by atoms with Crippen molar-refractivity contribution in [2.24, 2.45) is 5.41 Å². The molecule has 1 N–H and O–H groups in total. The average Bonchev–Trinajstić information content (AvgIpc) is 2.60. The third kappa shape index (κ3) is 6.42. The number of piperidine rings is 1. The molecule has 0 saturated carbocycles. The van der Waals surface area contributed by atoms with E-state index in [0.29, 0.717) is 15.9 Å². The second kappa shape index (κ2) is 9.45. The van der Waals surface area contributed by atoms with Gasteiger partial charge in [-0.2, -0.15) is 0 Å². The summed E-state index contributed by atoms with van der Waals surface area (Å²) < 4.78 is 12.3. The van der Waals surface area contributed by atoms with E-state index in [4.69, 9.17) is 9.47 Å². The number of pyridine rings is 1. The van der Waals surface area contributed by atoms with Gasteiger partial charge in [-0.05, 0) is 75.7 Å². The lowest BCUT2D eigenvalue weighted by Gasteiger charge is -2.40. The molecule has 2 rings (SSSR count). The van der Waals surface area contributed by atoms with Gasteiger partial charge in [0, 0.05) is 18.7 Å². The molecule has 2 heterocycles. The number of hydrogen-bond donors (Lipinski definition) is 1. The fourth-order valence-electron chi connectivity index (χ4n) is 3.61. The molecule has 1 aliphatic rings. The van der Waals surface area contributed by atoms with E-state index < -0.39 is 23.6 Å². The zero-order valence-corrected chi connectivity index (χ0v) is 21.4. The number of hydrogen-bond acceptors (Lipinski definition) is 6. The van der Waals surface area contributed by atoms with E-state index in [9.17, 15) is 14.7 Å². The minimum absolute atomic E-state index is 0.185. The zero-order valence-electron chi connectivity index (χ0n) is 19.8. The van der Waals surface area contributed by atoms with Crippen molar-refractivity contribution >= 4 is 33.6 Å². The molecule has 0 aromatic carbocycles. The standard InChI is InChI=1S/C23H35BrN2O5/c1-13(2)30-21(29)19(31-22(4,5)6)15-17(20(27)28)25-14(3)16(24)18(15)26-11-9-23(7,8)10-12-26/h13,19H,9-12H2,1-8H3,(H,27,28)/t19-/m0/s1.